The third kappa shape index (κ3) is 4.70. The van der Waals surface area contributed by atoms with Crippen LogP contribution in [0.5, 0.6) is 0 Å². The molecular formula is C24H21N3O4S2. The van der Waals surface area contributed by atoms with Gasteiger partial charge in [-0.15, -0.1) is 0 Å². The molecule has 1 aromatic heterocycles. The van der Waals surface area contributed by atoms with Crippen LogP contribution in [0.4, 0.5) is 5.13 Å². The van der Waals surface area contributed by atoms with E-state index in [1.807, 2.05) is 6.07 Å². The third-order valence-corrected chi connectivity index (χ3v) is 8.04. The minimum atomic E-state index is -3.57. The van der Waals surface area contributed by atoms with E-state index in [1.54, 1.807) is 67.6 Å². The number of carbonyl (C=O) groups excluding carboxylic acids is 2. The molecule has 1 heterocycles. The largest absolute Gasteiger partial charge is 0.298 e. The second kappa shape index (κ2) is 9.22. The normalized spacial score (nSPS) is 11.6. The predicted octanol–water partition coefficient (Wildman–Crippen LogP) is 4.42. The molecule has 4 rings (SSSR count). The van der Waals surface area contributed by atoms with Crippen molar-refractivity contribution in [1.82, 2.24) is 9.29 Å². The van der Waals surface area contributed by atoms with Crippen molar-refractivity contribution >= 4 is 48.4 Å². The Morgan fingerprint density at radius 3 is 2.24 bits per heavy atom. The summed E-state index contributed by atoms with van der Waals surface area (Å²) in [4.78, 5) is 29.7. The fourth-order valence-electron chi connectivity index (χ4n) is 3.17. The molecule has 0 atom stereocenters. The number of sulfonamides is 1. The summed E-state index contributed by atoms with van der Waals surface area (Å²) < 4.78 is 27.0. The Balaban J connectivity index is 1.51. The van der Waals surface area contributed by atoms with Crippen molar-refractivity contribution in [3.8, 4) is 0 Å². The number of hydrogen-bond donors (Lipinski definition) is 1. The summed E-state index contributed by atoms with van der Waals surface area (Å²) in [6.07, 6.45) is 0. The molecule has 9 heteroatoms. The van der Waals surface area contributed by atoms with Gasteiger partial charge in [0.1, 0.15) is 0 Å². The third-order valence-electron chi connectivity index (χ3n) is 5.18. The highest BCUT2D eigenvalue weighted by Crippen LogP contribution is 2.29. The van der Waals surface area contributed by atoms with E-state index in [0.29, 0.717) is 38.6 Å². The molecule has 0 bridgehead atoms. The van der Waals surface area contributed by atoms with Crippen LogP contribution in [-0.4, -0.2) is 43.0 Å². The van der Waals surface area contributed by atoms with Gasteiger partial charge in [0.25, 0.3) is 5.91 Å². The Kier molecular flexibility index (Phi) is 6.37. The molecule has 0 unspecified atom stereocenters. The van der Waals surface area contributed by atoms with E-state index in [9.17, 15) is 18.0 Å². The summed E-state index contributed by atoms with van der Waals surface area (Å²) in [6.45, 7) is 2.13. The summed E-state index contributed by atoms with van der Waals surface area (Å²) in [7, 11) is -2.05. The Bertz CT molecular complexity index is 1430. The number of nitrogens with zero attached hydrogens (tertiary/aromatic N) is 2. The fraction of sp³-hybridized carbons (Fsp3) is 0.125. The summed E-state index contributed by atoms with van der Waals surface area (Å²) in [6, 6.07) is 20.0. The number of fused-ring (bicyclic) bond motifs is 1. The van der Waals surface area contributed by atoms with Crippen molar-refractivity contribution in [3.05, 3.63) is 89.5 Å². The standard InChI is InChI=1S/C24H21N3O4S2/c1-3-27(2)33(30,31)19-13-14-20-21(15-19)32-24(25-20)26-23(29)18-11-9-17(10-12-18)22(28)16-7-5-4-6-8-16/h4-15H,3H2,1-2H3,(H,25,26,29). The molecule has 0 aliphatic heterocycles. The van der Waals surface area contributed by atoms with Crippen molar-refractivity contribution in [2.75, 3.05) is 18.9 Å². The van der Waals surface area contributed by atoms with Crippen LogP contribution < -0.4 is 5.32 Å². The first-order valence-corrected chi connectivity index (χ1v) is 12.4. The number of anilines is 1. The lowest BCUT2D eigenvalue weighted by molar-refractivity contribution is 0.102. The summed E-state index contributed by atoms with van der Waals surface area (Å²) in [5.41, 5.74) is 2.04. The van der Waals surface area contributed by atoms with Gasteiger partial charge < -0.3 is 0 Å². The molecule has 0 fully saturated rings. The fourth-order valence-corrected chi connectivity index (χ4v) is 5.35. The van der Waals surface area contributed by atoms with Crippen LogP contribution in [0, 0.1) is 0 Å². The number of hydrogen-bond acceptors (Lipinski definition) is 6. The van der Waals surface area contributed by atoms with Crippen LogP contribution >= 0.6 is 11.3 Å². The highest BCUT2D eigenvalue weighted by Gasteiger charge is 2.20. The second-order valence-electron chi connectivity index (χ2n) is 7.29. The van der Waals surface area contributed by atoms with E-state index in [0.717, 1.165) is 0 Å². The maximum absolute atomic E-state index is 12.7. The maximum Gasteiger partial charge on any atom is 0.257 e. The van der Waals surface area contributed by atoms with Crippen LogP contribution in [-0.2, 0) is 10.0 Å². The van der Waals surface area contributed by atoms with Crippen LogP contribution in [0.3, 0.4) is 0 Å². The first-order valence-electron chi connectivity index (χ1n) is 10.2. The van der Waals surface area contributed by atoms with Crippen molar-refractivity contribution in [3.63, 3.8) is 0 Å². The average molecular weight is 480 g/mol. The van der Waals surface area contributed by atoms with Gasteiger partial charge in [-0.1, -0.05) is 60.7 Å². The first-order chi connectivity index (χ1) is 15.8. The number of benzene rings is 3. The number of aromatic nitrogens is 1. The molecular weight excluding hydrogens is 458 g/mol. The molecule has 0 aliphatic rings. The number of rotatable bonds is 7. The van der Waals surface area contributed by atoms with Crippen LogP contribution in [0.2, 0.25) is 0 Å². The predicted molar refractivity (Wildman–Crippen MR) is 129 cm³/mol. The molecule has 0 saturated carbocycles. The second-order valence-corrected chi connectivity index (χ2v) is 10.4. The molecule has 0 radical (unpaired) electrons. The number of nitrogens with one attached hydrogen (secondary N) is 1. The van der Waals surface area contributed by atoms with E-state index in [4.69, 9.17) is 0 Å². The van der Waals surface area contributed by atoms with Gasteiger partial charge in [-0.2, -0.15) is 0 Å². The molecule has 3 aromatic carbocycles. The molecule has 168 valence electrons. The summed E-state index contributed by atoms with van der Waals surface area (Å²) in [5.74, 6) is -0.487. The molecule has 0 saturated heterocycles. The lowest BCUT2D eigenvalue weighted by Gasteiger charge is -2.14. The van der Waals surface area contributed by atoms with Crippen LogP contribution in [0.15, 0.2) is 77.7 Å². The Morgan fingerprint density at radius 2 is 1.58 bits per heavy atom. The number of amides is 1. The van der Waals surface area contributed by atoms with E-state index in [-0.39, 0.29) is 16.6 Å². The topological polar surface area (TPSA) is 96.4 Å². The van der Waals surface area contributed by atoms with Crippen molar-refractivity contribution in [2.24, 2.45) is 0 Å². The Labute approximate surface area is 195 Å². The zero-order chi connectivity index (χ0) is 23.6. The van der Waals surface area contributed by atoms with Gasteiger partial charge >= 0.3 is 0 Å². The van der Waals surface area contributed by atoms with Crippen LogP contribution in [0.25, 0.3) is 10.2 Å². The quantitative estimate of drug-likeness (QED) is 0.396. The minimum absolute atomic E-state index is 0.117. The molecule has 7 nitrogen and oxygen atoms in total. The number of ketones is 1. The van der Waals surface area contributed by atoms with Crippen LogP contribution in [0.1, 0.15) is 33.2 Å². The average Bonchev–Trinajstić information content (AvgIpc) is 3.25. The molecule has 0 aliphatic carbocycles. The van der Waals surface area contributed by atoms with E-state index < -0.39 is 10.0 Å². The Hall–Kier alpha value is -3.40. The minimum Gasteiger partial charge on any atom is -0.298 e. The lowest BCUT2D eigenvalue weighted by Crippen LogP contribution is -2.26. The Morgan fingerprint density at radius 1 is 0.939 bits per heavy atom. The lowest BCUT2D eigenvalue weighted by atomic mass is 10.0. The van der Waals surface area contributed by atoms with Gasteiger partial charge in [0.05, 0.1) is 15.1 Å². The van der Waals surface area contributed by atoms with Gasteiger partial charge in [0.15, 0.2) is 10.9 Å². The summed E-state index contributed by atoms with van der Waals surface area (Å²) >= 11 is 1.20. The molecule has 4 aromatic rings. The van der Waals surface area contributed by atoms with E-state index >= 15 is 0 Å². The number of carbonyl (C=O) groups is 2. The molecule has 1 N–H and O–H groups in total. The van der Waals surface area contributed by atoms with E-state index in [2.05, 4.69) is 10.3 Å². The van der Waals surface area contributed by atoms with Gasteiger partial charge in [-0.3, -0.25) is 14.9 Å². The van der Waals surface area contributed by atoms with E-state index in [1.165, 1.54) is 28.8 Å². The summed E-state index contributed by atoms with van der Waals surface area (Å²) in [5, 5.41) is 3.10. The zero-order valence-corrected chi connectivity index (χ0v) is 19.6. The highest BCUT2D eigenvalue weighted by atomic mass is 32.2. The number of thiazole rings is 1. The van der Waals surface area contributed by atoms with Gasteiger partial charge in [0.2, 0.25) is 10.0 Å². The zero-order valence-electron chi connectivity index (χ0n) is 18.0. The SMILES string of the molecule is CCN(C)S(=O)(=O)c1ccc2nc(NC(=O)c3ccc(C(=O)c4ccccc4)cc3)sc2c1. The molecule has 1 amide bonds. The van der Waals surface area contributed by atoms with Gasteiger partial charge in [-0.25, -0.2) is 17.7 Å². The van der Waals surface area contributed by atoms with Crippen molar-refractivity contribution < 1.29 is 18.0 Å². The maximum atomic E-state index is 12.7. The highest BCUT2D eigenvalue weighted by molar-refractivity contribution is 7.89. The van der Waals surface area contributed by atoms with Gasteiger partial charge in [-0.05, 0) is 30.3 Å². The molecule has 33 heavy (non-hydrogen) atoms. The monoisotopic (exact) mass is 479 g/mol. The smallest absolute Gasteiger partial charge is 0.257 e. The molecule has 0 spiro atoms. The van der Waals surface area contributed by atoms with Gasteiger partial charge in [0, 0.05) is 30.3 Å². The van der Waals surface area contributed by atoms with Crippen molar-refractivity contribution in [1.29, 1.82) is 0 Å². The first kappa shape index (κ1) is 22.8. The van der Waals surface area contributed by atoms with Crippen molar-refractivity contribution in [2.45, 2.75) is 11.8 Å².